The number of amides is 2. The Balaban J connectivity index is 1.49. The maximum Gasteiger partial charge on any atom is 0.409 e. The molecule has 0 atom stereocenters. The number of aromatic nitrogens is 2. The molecule has 0 spiro atoms. The first kappa shape index (κ1) is 18.9. The normalized spacial score (nSPS) is 14.4. The van der Waals surface area contributed by atoms with Gasteiger partial charge in [0.2, 0.25) is 5.91 Å². The second kappa shape index (κ2) is 8.66. The molecular weight excluding hydrogens is 348 g/mol. The van der Waals surface area contributed by atoms with Gasteiger partial charge in [0.05, 0.1) is 23.8 Å². The van der Waals surface area contributed by atoms with Crippen LogP contribution in [0.2, 0.25) is 0 Å². The molecule has 1 aliphatic heterocycles. The summed E-state index contributed by atoms with van der Waals surface area (Å²) in [4.78, 5) is 44.2. The van der Waals surface area contributed by atoms with E-state index in [2.05, 4.69) is 4.98 Å². The lowest BCUT2D eigenvalue weighted by atomic mass is 10.2. The Bertz CT molecular complexity index is 871. The van der Waals surface area contributed by atoms with Crippen LogP contribution in [0.4, 0.5) is 4.79 Å². The SMILES string of the molecule is CCOC(=O)N1CCN(C(=O)CCCn2cnc3ccccc3c2=O)CC1. The molecule has 27 heavy (non-hydrogen) atoms. The van der Waals surface area contributed by atoms with Gasteiger partial charge in [-0.25, -0.2) is 9.78 Å². The summed E-state index contributed by atoms with van der Waals surface area (Å²) in [6.45, 7) is 4.56. The number of carbonyl (C=O) groups excluding carboxylic acids is 2. The highest BCUT2D eigenvalue weighted by Gasteiger charge is 2.24. The van der Waals surface area contributed by atoms with Crippen molar-refractivity contribution in [3.8, 4) is 0 Å². The van der Waals surface area contributed by atoms with Crippen LogP contribution in [0.3, 0.4) is 0 Å². The molecule has 0 N–H and O–H groups in total. The first-order chi connectivity index (χ1) is 13.1. The van der Waals surface area contributed by atoms with Crippen molar-refractivity contribution in [2.75, 3.05) is 32.8 Å². The summed E-state index contributed by atoms with van der Waals surface area (Å²) in [6.07, 6.45) is 2.13. The largest absolute Gasteiger partial charge is 0.450 e. The van der Waals surface area contributed by atoms with E-state index in [4.69, 9.17) is 4.74 Å². The zero-order chi connectivity index (χ0) is 19.2. The Hall–Kier alpha value is -2.90. The Morgan fingerprint density at radius 3 is 2.56 bits per heavy atom. The standard InChI is InChI=1S/C19H24N4O4/c1-2-27-19(26)22-12-10-21(11-13-22)17(24)8-5-9-23-14-20-16-7-4-3-6-15(16)18(23)25/h3-4,6-7,14H,2,5,8-13H2,1H3. The van der Waals surface area contributed by atoms with E-state index in [0.29, 0.717) is 63.1 Å². The van der Waals surface area contributed by atoms with Crippen LogP contribution in [0.1, 0.15) is 19.8 Å². The third-order valence-electron chi connectivity index (χ3n) is 4.68. The number of hydrogen-bond acceptors (Lipinski definition) is 5. The predicted molar refractivity (Wildman–Crippen MR) is 100 cm³/mol. The molecule has 0 bridgehead atoms. The zero-order valence-corrected chi connectivity index (χ0v) is 15.5. The molecule has 0 radical (unpaired) electrons. The lowest BCUT2D eigenvalue weighted by Crippen LogP contribution is -2.50. The van der Waals surface area contributed by atoms with Gasteiger partial charge in [0.15, 0.2) is 0 Å². The number of para-hydroxylation sites is 1. The third-order valence-corrected chi connectivity index (χ3v) is 4.68. The smallest absolute Gasteiger partial charge is 0.409 e. The van der Waals surface area contributed by atoms with E-state index in [1.54, 1.807) is 33.4 Å². The molecule has 0 saturated carbocycles. The first-order valence-electron chi connectivity index (χ1n) is 9.24. The number of aryl methyl sites for hydroxylation is 1. The average Bonchev–Trinajstić information content (AvgIpc) is 2.70. The molecule has 0 unspecified atom stereocenters. The van der Waals surface area contributed by atoms with Crippen molar-refractivity contribution in [2.45, 2.75) is 26.3 Å². The number of benzene rings is 1. The molecular formula is C19H24N4O4. The second-order valence-electron chi connectivity index (χ2n) is 6.43. The van der Waals surface area contributed by atoms with E-state index in [0.717, 1.165) is 0 Å². The van der Waals surface area contributed by atoms with E-state index < -0.39 is 0 Å². The zero-order valence-electron chi connectivity index (χ0n) is 15.5. The lowest BCUT2D eigenvalue weighted by Gasteiger charge is -2.34. The molecule has 0 aliphatic carbocycles. The van der Waals surface area contributed by atoms with Crippen molar-refractivity contribution in [3.63, 3.8) is 0 Å². The quantitative estimate of drug-likeness (QED) is 0.794. The van der Waals surface area contributed by atoms with Gasteiger partial charge >= 0.3 is 6.09 Å². The third kappa shape index (κ3) is 4.45. The van der Waals surface area contributed by atoms with Gasteiger partial charge in [-0.3, -0.25) is 14.2 Å². The Morgan fingerprint density at radius 2 is 1.81 bits per heavy atom. The number of ether oxygens (including phenoxy) is 1. The van der Waals surface area contributed by atoms with Crippen molar-refractivity contribution in [1.82, 2.24) is 19.4 Å². The molecule has 3 rings (SSSR count). The van der Waals surface area contributed by atoms with Crippen LogP contribution >= 0.6 is 0 Å². The van der Waals surface area contributed by atoms with Crippen molar-refractivity contribution >= 4 is 22.9 Å². The lowest BCUT2D eigenvalue weighted by molar-refractivity contribution is -0.132. The summed E-state index contributed by atoms with van der Waals surface area (Å²) >= 11 is 0. The van der Waals surface area contributed by atoms with E-state index in [1.165, 1.54) is 6.33 Å². The second-order valence-corrected chi connectivity index (χ2v) is 6.43. The fourth-order valence-corrected chi connectivity index (χ4v) is 3.18. The molecule has 144 valence electrons. The van der Waals surface area contributed by atoms with Gasteiger partial charge in [0, 0.05) is 39.1 Å². The molecule has 8 heteroatoms. The number of piperazine rings is 1. The molecule has 2 aromatic rings. The molecule has 1 aromatic heterocycles. The summed E-state index contributed by atoms with van der Waals surface area (Å²) in [7, 11) is 0. The highest BCUT2D eigenvalue weighted by atomic mass is 16.6. The summed E-state index contributed by atoms with van der Waals surface area (Å²) in [6, 6.07) is 7.23. The molecule has 2 heterocycles. The highest BCUT2D eigenvalue weighted by molar-refractivity contribution is 5.77. The van der Waals surface area contributed by atoms with Crippen LogP contribution in [0.5, 0.6) is 0 Å². The van der Waals surface area contributed by atoms with Gasteiger partial charge in [-0.2, -0.15) is 0 Å². The van der Waals surface area contributed by atoms with Gasteiger partial charge < -0.3 is 14.5 Å². The number of nitrogens with zero attached hydrogens (tertiary/aromatic N) is 4. The minimum atomic E-state index is -0.326. The fraction of sp³-hybridized carbons (Fsp3) is 0.474. The fourth-order valence-electron chi connectivity index (χ4n) is 3.18. The molecule has 1 aromatic carbocycles. The summed E-state index contributed by atoms with van der Waals surface area (Å²) in [5.41, 5.74) is 0.588. The molecule has 1 saturated heterocycles. The number of rotatable bonds is 5. The van der Waals surface area contributed by atoms with Gasteiger partial charge in [-0.1, -0.05) is 12.1 Å². The molecule has 1 fully saturated rings. The van der Waals surface area contributed by atoms with Crippen LogP contribution in [-0.2, 0) is 16.1 Å². The maximum absolute atomic E-state index is 12.4. The van der Waals surface area contributed by atoms with Gasteiger partial charge in [0.25, 0.3) is 5.56 Å². The van der Waals surface area contributed by atoms with Gasteiger partial charge in [0.1, 0.15) is 0 Å². The summed E-state index contributed by atoms with van der Waals surface area (Å²) < 4.78 is 6.53. The van der Waals surface area contributed by atoms with Crippen molar-refractivity contribution in [1.29, 1.82) is 0 Å². The predicted octanol–water partition coefficient (Wildman–Crippen LogP) is 1.48. The molecule has 1 aliphatic rings. The summed E-state index contributed by atoms with van der Waals surface area (Å²) in [5, 5.41) is 0.585. The van der Waals surface area contributed by atoms with E-state index in [-0.39, 0.29) is 17.6 Å². The van der Waals surface area contributed by atoms with Gasteiger partial charge in [-0.15, -0.1) is 0 Å². The number of hydrogen-bond donors (Lipinski definition) is 0. The van der Waals surface area contributed by atoms with E-state index in [9.17, 15) is 14.4 Å². The van der Waals surface area contributed by atoms with Crippen LogP contribution in [0.15, 0.2) is 35.4 Å². The number of fused-ring (bicyclic) bond motifs is 1. The monoisotopic (exact) mass is 372 g/mol. The highest BCUT2D eigenvalue weighted by Crippen LogP contribution is 2.08. The van der Waals surface area contributed by atoms with Gasteiger partial charge in [-0.05, 0) is 25.5 Å². The van der Waals surface area contributed by atoms with E-state index in [1.807, 2.05) is 12.1 Å². The molecule has 2 amide bonds. The van der Waals surface area contributed by atoms with Crippen molar-refractivity contribution < 1.29 is 14.3 Å². The minimum absolute atomic E-state index is 0.0420. The number of carbonyl (C=O) groups is 2. The average molecular weight is 372 g/mol. The van der Waals surface area contributed by atoms with Crippen LogP contribution in [-0.4, -0.2) is 64.1 Å². The van der Waals surface area contributed by atoms with Crippen molar-refractivity contribution in [3.05, 3.63) is 40.9 Å². The Labute approximate surface area is 157 Å². The minimum Gasteiger partial charge on any atom is -0.450 e. The molecule has 8 nitrogen and oxygen atoms in total. The van der Waals surface area contributed by atoms with Crippen LogP contribution in [0.25, 0.3) is 10.9 Å². The first-order valence-corrected chi connectivity index (χ1v) is 9.24. The Kier molecular flexibility index (Phi) is 6.05. The topological polar surface area (TPSA) is 84.7 Å². The van der Waals surface area contributed by atoms with E-state index >= 15 is 0 Å². The van der Waals surface area contributed by atoms with Crippen LogP contribution < -0.4 is 5.56 Å². The summed E-state index contributed by atoms with van der Waals surface area (Å²) in [5.74, 6) is 0.0420. The maximum atomic E-state index is 12.4. The Morgan fingerprint density at radius 1 is 1.11 bits per heavy atom. The van der Waals surface area contributed by atoms with Crippen LogP contribution in [0, 0.1) is 0 Å². The van der Waals surface area contributed by atoms with Crippen molar-refractivity contribution in [2.24, 2.45) is 0 Å².